The number of aliphatic carboxylic acids is 1. The smallest absolute Gasteiger partial charge is 0.416 e. The van der Waals surface area contributed by atoms with Crippen molar-refractivity contribution < 1.29 is 27.5 Å². The molecule has 0 aliphatic rings. The van der Waals surface area contributed by atoms with E-state index in [2.05, 4.69) is 0 Å². The van der Waals surface area contributed by atoms with Crippen LogP contribution in [-0.4, -0.2) is 11.1 Å². The van der Waals surface area contributed by atoms with Crippen molar-refractivity contribution in [1.82, 2.24) is 0 Å². The molecule has 1 aromatic heterocycles. The molecule has 3 aromatic rings. The van der Waals surface area contributed by atoms with Crippen LogP contribution < -0.4 is 0 Å². The summed E-state index contributed by atoms with van der Waals surface area (Å²) in [5.41, 5.74) is 0.978. The van der Waals surface area contributed by atoms with E-state index in [4.69, 9.17) is 9.52 Å². The van der Waals surface area contributed by atoms with E-state index >= 15 is 0 Å². The molecule has 1 N–H and O–H groups in total. The predicted octanol–water partition coefficient (Wildman–Crippen LogP) is 4.75. The normalized spacial score (nSPS) is 11.8. The molecule has 0 aliphatic heterocycles. The molecule has 23 heavy (non-hydrogen) atoms. The maximum atomic E-state index is 12.8. The first-order valence-electron chi connectivity index (χ1n) is 6.75. The molecule has 0 fully saturated rings. The number of halogens is 3. The average Bonchev–Trinajstić information content (AvgIpc) is 2.91. The zero-order valence-corrected chi connectivity index (χ0v) is 11.7. The molecule has 0 atom stereocenters. The van der Waals surface area contributed by atoms with E-state index in [1.54, 1.807) is 24.3 Å². The highest BCUT2D eigenvalue weighted by Crippen LogP contribution is 2.36. The highest BCUT2D eigenvalue weighted by molar-refractivity contribution is 5.96. The molecule has 0 unspecified atom stereocenters. The van der Waals surface area contributed by atoms with Crippen LogP contribution in [0.25, 0.3) is 22.1 Å². The van der Waals surface area contributed by atoms with Crippen molar-refractivity contribution in [2.24, 2.45) is 0 Å². The van der Waals surface area contributed by atoms with Gasteiger partial charge in [0.05, 0.1) is 18.2 Å². The number of alkyl halides is 3. The molecular weight excluding hydrogens is 309 g/mol. The Balaban J connectivity index is 2.13. The van der Waals surface area contributed by atoms with Crippen molar-refractivity contribution in [3.63, 3.8) is 0 Å². The van der Waals surface area contributed by atoms with Crippen molar-refractivity contribution >= 4 is 16.9 Å². The van der Waals surface area contributed by atoms with E-state index in [0.717, 1.165) is 12.1 Å². The second-order valence-electron chi connectivity index (χ2n) is 5.09. The molecule has 6 heteroatoms. The van der Waals surface area contributed by atoms with Gasteiger partial charge in [-0.3, -0.25) is 4.79 Å². The van der Waals surface area contributed by atoms with E-state index in [-0.39, 0.29) is 6.42 Å². The predicted molar refractivity (Wildman–Crippen MR) is 78.0 cm³/mol. The van der Waals surface area contributed by atoms with E-state index < -0.39 is 17.7 Å². The van der Waals surface area contributed by atoms with Gasteiger partial charge in [-0.05, 0) is 17.7 Å². The van der Waals surface area contributed by atoms with Crippen LogP contribution in [0.1, 0.15) is 11.1 Å². The lowest BCUT2D eigenvalue weighted by Crippen LogP contribution is -2.04. The molecule has 3 rings (SSSR count). The van der Waals surface area contributed by atoms with Crippen molar-refractivity contribution in [2.75, 3.05) is 0 Å². The number of carbonyl (C=O) groups is 1. The van der Waals surface area contributed by atoms with Crippen molar-refractivity contribution in [3.8, 4) is 11.1 Å². The molecule has 118 valence electrons. The standard InChI is InChI=1S/C17H11F3O3/c18-17(19,20)12-5-1-3-10(7-12)14-9-23-16-11(8-15(21)22)4-2-6-13(14)16/h1-7,9H,8H2,(H,21,22). The summed E-state index contributed by atoms with van der Waals surface area (Å²) in [4.78, 5) is 10.9. The zero-order chi connectivity index (χ0) is 16.6. The van der Waals surface area contributed by atoms with Gasteiger partial charge in [-0.1, -0.05) is 30.3 Å². The number of hydrogen-bond acceptors (Lipinski definition) is 2. The number of rotatable bonds is 3. The second-order valence-corrected chi connectivity index (χ2v) is 5.09. The maximum absolute atomic E-state index is 12.8. The van der Waals surface area contributed by atoms with Gasteiger partial charge in [-0.2, -0.15) is 13.2 Å². The topological polar surface area (TPSA) is 50.4 Å². The summed E-state index contributed by atoms with van der Waals surface area (Å²) < 4.78 is 43.9. The Hall–Kier alpha value is -2.76. The van der Waals surface area contributed by atoms with E-state index in [9.17, 15) is 18.0 Å². The summed E-state index contributed by atoms with van der Waals surface area (Å²) in [5, 5.41) is 9.50. The lowest BCUT2D eigenvalue weighted by molar-refractivity contribution is -0.138. The minimum absolute atomic E-state index is 0.215. The van der Waals surface area contributed by atoms with Gasteiger partial charge in [-0.15, -0.1) is 0 Å². The first-order valence-corrected chi connectivity index (χ1v) is 6.75. The minimum Gasteiger partial charge on any atom is -0.481 e. The Labute approximate surface area is 129 Å². The van der Waals surface area contributed by atoms with Gasteiger partial charge in [-0.25, -0.2) is 0 Å². The van der Waals surface area contributed by atoms with E-state index in [0.29, 0.717) is 27.7 Å². The first kappa shape index (κ1) is 15.1. The lowest BCUT2D eigenvalue weighted by Gasteiger charge is -2.08. The van der Waals surface area contributed by atoms with Crippen LogP contribution in [0.3, 0.4) is 0 Å². The molecule has 2 aromatic carbocycles. The van der Waals surface area contributed by atoms with Gasteiger partial charge < -0.3 is 9.52 Å². The highest BCUT2D eigenvalue weighted by Gasteiger charge is 2.30. The number of para-hydroxylation sites is 1. The number of hydrogen-bond donors (Lipinski definition) is 1. The Morgan fingerprint density at radius 3 is 2.57 bits per heavy atom. The van der Waals surface area contributed by atoms with Gasteiger partial charge in [0.1, 0.15) is 5.58 Å². The monoisotopic (exact) mass is 320 g/mol. The number of carboxylic acids is 1. The molecule has 0 radical (unpaired) electrons. The van der Waals surface area contributed by atoms with Crippen LogP contribution in [0, 0.1) is 0 Å². The summed E-state index contributed by atoms with van der Waals surface area (Å²) in [5.74, 6) is -1.01. The van der Waals surface area contributed by atoms with Crippen LogP contribution in [0.5, 0.6) is 0 Å². The van der Waals surface area contributed by atoms with Crippen molar-refractivity contribution in [3.05, 3.63) is 59.9 Å². The second kappa shape index (κ2) is 5.46. The molecule has 0 amide bonds. The minimum atomic E-state index is -4.43. The summed E-state index contributed by atoms with van der Waals surface area (Å²) in [6, 6.07) is 9.92. The van der Waals surface area contributed by atoms with Crippen LogP contribution in [0.2, 0.25) is 0 Å². The fourth-order valence-corrected chi connectivity index (χ4v) is 2.51. The average molecular weight is 320 g/mol. The van der Waals surface area contributed by atoms with Crippen LogP contribution in [-0.2, 0) is 17.4 Å². The fraction of sp³-hybridized carbons (Fsp3) is 0.118. The lowest BCUT2D eigenvalue weighted by atomic mass is 10.0. The highest BCUT2D eigenvalue weighted by atomic mass is 19.4. The summed E-state index contributed by atoms with van der Waals surface area (Å²) in [7, 11) is 0. The van der Waals surface area contributed by atoms with Crippen LogP contribution in [0.4, 0.5) is 13.2 Å². The summed E-state index contributed by atoms with van der Waals surface area (Å²) in [6.45, 7) is 0. The molecule has 0 spiro atoms. The number of benzene rings is 2. The largest absolute Gasteiger partial charge is 0.481 e. The van der Waals surface area contributed by atoms with Gasteiger partial charge in [0.2, 0.25) is 0 Å². The molecular formula is C17H11F3O3. The summed E-state index contributed by atoms with van der Waals surface area (Å²) in [6.07, 6.45) is -3.29. The third kappa shape index (κ3) is 2.92. The Morgan fingerprint density at radius 1 is 1.13 bits per heavy atom. The molecule has 0 bridgehead atoms. The quantitative estimate of drug-likeness (QED) is 0.758. The Bertz CT molecular complexity index is 878. The van der Waals surface area contributed by atoms with E-state index in [1.165, 1.54) is 12.3 Å². The van der Waals surface area contributed by atoms with Crippen LogP contribution >= 0.6 is 0 Å². The third-order valence-electron chi connectivity index (χ3n) is 3.52. The van der Waals surface area contributed by atoms with Crippen molar-refractivity contribution in [1.29, 1.82) is 0 Å². The fourth-order valence-electron chi connectivity index (χ4n) is 2.51. The molecule has 0 aliphatic carbocycles. The molecule has 0 saturated carbocycles. The molecule has 0 saturated heterocycles. The van der Waals surface area contributed by atoms with E-state index in [1.807, 2.05) is 0 Å². The number of carboxylic acid groups (broad SMARTS) is 1. The van der Waals surface area contributed by atoms with Gasteiger partial charge in [0, 0.05) is 16.5 Å². The Morgan fingerprint density at radius 2 is 1.87 bits per heavy atom. The first-order chi connectivity index (χ1) is 10.9. The van der Waals surface area contributed by atoms with Crippen LogP contribution in [0.15, 0.2) is 53.1 Å². The van der Waals surface area contributed by atoms with Crippen molar-refractivity contribution in [2.45, 2.75) is 12.6 Å². The van der Waals surface area contributed by atoms with Gasteiger partial charge in [0.15, 0.2) is 0 Å². The zero-order valence-electron chi connectivity index (χ0n) is 11.7. The SMILES string of the molecule is O=C(O)Cc1cccc2c(-c3cccc(C(F)(F)F)c3)coc12. The number of furan rings is 1. The molecule has 3 nitrogen and oxygen atoms in total. The van der Waals surface area contributed by atoms with Gasteiger partial charge in [0.25, 0.3) is 0 Å². The Kier molecular flexibility index (Phi) is 3.60. The third-order valence-corrected chi connectivity index (χ3v) is 3.52. The maximum Gasteiger partial charge on any atom is 0.416 e. The van der Waals surface area contributed by atoms with Gasteiger partial charge >= 0.3 is 12.1 Å². The molecule has 1 heterocycles. The summed E-state index contributed by atoms with van der Waals surface area (Å²) >= 11 is 0. The number of fused-ring (bicyclic) bond motifs is 1.